The lowest BCUT2D eigenvalue weighted by Crippen LogP contribution is -2.27. The molecule has 2 aromatic carbocycles. The third-order valence-corrected chi connectivity index (χ3v) is 3.10. The van der Waals surface area contributed by atoms with Gasteiger partial charge < -0.3 is 14.8 Å². The number of ether oxygens (including phenoxy) is 2. The Morgan fingerprint density at radius 1 is 0.920 bits per heavy atom. The monoisotopic (exact) mass is 342 g/mol. The Morgan fingerprint density at radius 2 is 1.56 bits per heavy atom. The molecule has 2 rings (SSSR count). The van der Waals surface area contributed by atoms with Gasteiger partial charge in [-0.2, -0.15) is 0 Å². The number of benzene rings is 2. The number of carbonyl (C=O) groups is 2. The molecule has 0 fully saturated rings. The molecule has 0 unspecified atom stereocenters. The lowest BCUT2D eigenvalue weighted by molar-refractivity contribution is 0.0598. The van der Waals surface area contributed by atoms with Crippen molar-refractivity contribution in [1.29, 1.82) is 0 Å². The smallest absolute Gasteiger partial charge is 0.412 e. The molecule has 132 valence electrons. The number of esters is 1. The molecule has 25 heavy (non-hydrogen) atoms. The number of nitrogens with one attached hydrogen (secondary N) is 2. The largest absolute Gasteiger partial charge is 0.465 e. The van der Waals surface area contributed by atoms with Crippen LogP contribution in [0.2, 0.25) is 0 Å². The first-order chi connectivity index (χ1) is 11.8. The number of amides is 1. The summed E-state index contributed by atoms with van der Waals surface area (Å²) in [6.07, 6.45) is -0.501. The van der Waals surface area contributed by atoms with Gasteiger partial charge in [-0.3, -0.25) is 5.32 Å². The van der Waals surface area contributed by atoms with E-state index in [-0.39, 0.29) is 5.97 Å². The number of methoxy groups -OCH3 is 1. The van der Waals surface area contributed by atoms with Crippen LogP contribution < -0.4 is 10.6 Å². The molecule has 0 atom stereocenters. The van der Waals surface area contributed by atoms with Gasteiger partial charge in [0.05, 0.1) is 12.7 Å². The van der Waals surface area contributed by atoms with Crippen LogP contribution in [0, 0.1) is 0 Å². The Kier molecular flexibility index (Phi) is 5.64. The maximum Gasteiger partial charge on any atom is 0.412 e. The van der Waals surface area contributed by atoms with Gasteiger partial charge in [-0.1, -0.05) is 6.07 Å². The maximum atomic E-state index is 11.7. The van der Waals surface area contributed by atoms with Crippen LogP contribution in [0.1, 0.15) is 31.1 Å². The highest BCUT2D eigenvalue weighted by Crippen LogP contribution is 2.20. The fourth-order valence-corrected chi connectivity index (χ4v) is 2.07. The summed E-state index contributed by atoms with van der Waals surface area (Å²) in [6, 6.07) is 14.2. The summed E-state index contributed by atoms with van der Waals surface area (Å²) in [5, 5.41) is 5.86. The van der Waals surface area contributed by atoms with E-state index in [2.05, 4.69) is 10.6 Å². The zero-order valence-electron chi connectivity index (χ0n) is 14.8. The Morgan fingerprint density at radius 3 is 2.16 bits per heavy atom. The molecule has 6 nitrogen and oxygen atoms in total. The van der Waals surface area contributed by atoms with Gasteiger partial charge in [0.2, 0.25) is 0 Å². The van der Waals surface area contributed by atoms with Gasteiger partial charge in [-0.15, -0.1) is 0 Å². The molecule has 0 aliphatic heterocycles. The normalized spacial score (nSPS) is 10.7. The summed E-state index contributed by atoms with van der Waals surface area (Å²) < 4.78 is 9.91. The van der Waals surface area contributed by atoms with E-state index in [1.165, 1.54) is 7.11 Å². The zero-order chi connectivity index (χ0) is 18.4. The van der Waals surface area contributed by atoms with E-state index in [1.807, 2.05) is 39.0 Å². The molecule has 0 aliphatic rings. The molecule has 2 N–H and O–H groups in total. The van der Waals surface area contributed by atoms with E-state index < -0.39 is 11.7 Å². The Balaban J connectivity index is 2.01. The number of rotatable bonds is 4. The lowest BCUT2D eigenvalue weighted by atomic mass is 10.2. The van der Waals surface area contributed by atoms with E-state index in [9.17, 15) is 9.59 Å². The molecular weight excluding hydrogens is 320 g/mol. The fourth-order valence-electron chi connectivity index (χ4n) is 2.07. The first-order valence-corrected chi connectivity index (χ1v) is 7.82. The fraction of sp³-hybridized carbons (Fsp3) is 0.263. The summed E-state index contributed by atoms with van der Waals surface area (Å²) >= 11 is 0. The predicted molar refractivity (Wildman–Crippen MR) is 97.4 cm³/mol. The van der Waals surface area contributed by atoms with Crippen molar-refractivity contribution in [2.75, 3.05) is 17.7 Å². The van der Waals surface area contributed by atoms with Crippen molar-refractivity contribution in [3.05, 3.63) is 54.1 Å². The van der Waals surface area contributed by atoms with E-state index >= 15 is 0 Å². The highest BCUT2D eigenvalue weighted by molar-refractivity contribution is 5.90. The molecule has 0 saturated heterocycles. The molecule has 0 heterocycles. The first kappa shape index (κ1) is 18.3. The van der Waals surface area contributed by atoms with Crippen LogP contribution in [0.5, 0.6) is 0 Å². The average Bonchev–Trinajstić information content (AvgIpc) is 2.54. The second kappa shape index (κ2) is 7.70. The van der Waals surface area contributed by atoms with Crippen LogP contribution in [0.25, 0.3) is 0 Å². The summed E-state index contributed by atoms with van der Waals surface area (Å²) in [7, 11) is 1.35. The van der Waals surface area contributed by atoms with E-state index in [4.69, 9.17) is 9.47 Å². The second-order valence-electron chi connectivity index (χ2n) is 6.40. The molecule has 6 heteroatoms. The molecule has 0 spiro atoms. The van der Waals surface area contributed by atoms with Gasteiger partial charge in [0, 0.05) is 17.1 Å². The third-order valence-electron chi connectivity index (χ3n) is 3.10. The zero-order valence-corrected chi connectivity index (χ0v) is 14.8. The lowest BCUT2D eigenvalue weighted by Gasteiger charge is -2.19. The van der Waals surface area contributed by atoms with E-state index in [0.717, 1.165) is 11.4 Å². The van der Waals surface area contributed by atoms with Gasteiger partial charge in [-0.25, -0.2) is 9.59 Å². The van der Waals surface area contributed by atoms with Crippen molar-refractivity contribution < 1.29 is 19.1 Å². The highest BCUT2D eigenvalue weighted by Gasteiger charge is 2.16. The quantitative estimate of drug-likeness (QED) is 0.796. The van der Waals surface area contributed by atoms with Crippen molar-refractivity contribution in [2.24, 2.45) is 0 Å². The summed E-state index contributed by atoms with van der Waals surface area (Å²) in [6.45, 7) is 5.42. The molecular formula is C19H22N2O4. The molecule has 1 amide bonds. The summed E-state index contributed by atoms with van der Waals surface area (Å²) in [5.74, 6) is -0.388. The van der Waals surface area contributed by atoms with Gasteiger partial charge in [0.1, 0.15) is 5.60 Å². The van der Waals surface area contributed by atoms with Gasteiger partial charge >= 0.3 is 12.1 Å². The Hall–Kier alpha value is -3.02. The summed E-state index contributed by atoms with van der Waals surface area (Å²) in [5.41, 5.74) is 2.13. The van der Waals surface area contributed by atoms with Crippen LogP contribution >= 0.6 is 0 Å². The molecule has 2 aromatic rings. The van der Waals surface area contributed by atoms with Crippen LogP contribution in [0.4, 0.5) is 21.9 Å². The molecule has 0 saturated carbocycles. The second-order valence-corrected chi connectivity index (χ2v) is 6.40. The van der Waals surface area contributed by atoms with Crippen molar-refractivity contribution in [1.82, 2.24) is 0 Å². The topological polar surface area (TPSA) is 76.7 Å². The van der Waals surface area contributed by atoms with Crippen LogP contribution in [0.3, 0.4) is 0 Å². The molecule has 0 bridgehead atoms. The minimum atomic E-state index is -0.545. The van der Waals surface area contributed by atoms with E-state index in [1.54, 1.807) is 30.3 Å². The van der Waals surface area contributed by atoms with Crippen LogP contribution in [-0.2, 0) is 9.47 Å². The average molecular weight is 342 g/mol. The number of carbonyl (C=O) groups excluding carboxylic acids is 2. The number of anilines is 3. The van der Waals surface area contributed by atoms with Crippen LogP contribution in [-0.4, -0.2) is 24.8 Å². The molecule has 0 aromatic heterocycles. The predicted octanol–water partition coefficient (Wildman–Crippen LogP) is 4.56. The van der Waals surface area contributed by atoms with Crippen LogP contribution in [0.15, 0.2) is 48.5 Å². The van der Waals surface area contributed by atoms with Gasteiger partial charge in [0.25, 0.3) is 0 Å². The van der Waals surface area contributed by atoms with Crippen molar-refractivity contribution in [3.8, 4) is 0 Å². The van der Waals surface area contributed by atoms with Gasteiger partial charge in [-0.05, 0) is 63.2 Å². The minimum absolute atomic E-state index is 0.388. The minimum Gasteiger partial charge on any atom is -0.465 e. The molecule has 0 radical (unpaired) electrons. The van der Waals surface area contributed by atoms with Crippen molar-refractivity contribution in [2.45, 2.75) is 26.4 Å². The SMILES string of the molecule is COC(=O)c1cccc(Nc2ccc(NC(=O)OC(C)(C)C)cc2)c1. The third kappa shape index (κ3) is 5.84. The standard InChI is InChI=1S/C19H22N2O4/c1-19(2,3)25-18(23)21-15-10-8-14(9-11-15)20-16-7-5-6-13(12-16)17(22)24-4/h5-12,20H,1-4H3,(H,21,23). The van der Waals surface area contributed by atoms with Crippen molar-refractivity contribution in [3.63, 3.8) is 0 Å². The molecule has 0 aliphatic carbocycles. The maximum absolute atomic E-state index is 11.7. The summed E-state index contributed by atoms with van der Waals surface area (Å²) in [4.78, 5) is 23.3. The highest BCUT2D eigenvalue weighted by atomic mass is 16.6. The number of hydrogen-bond donors (Lipinski definition) is 2. The first-order valence-electron chi connectivity index (χ1n) is 7.82. The number of hydrogen-bond acceptors (Lipinski definition) is 5. The Bertz CT molecular complexity index is 749. The van der Waals surface area contributed by atoms with Gasteiger partial charge in [0.15, 0.2) is 0 Å². The van der Waals surface area contributed by atoms with E-state index in [0.29, 0.717) is 11.3 Å². The van der Waals surface area contributed by atoms with Crippen molar-refractivity contribution >= 4 is 29.1 Å². The Labute approximate surface area is 147 Å².